The van der Waals surface area contributed by atoms with Crippen molar-refractivity contribution in [2.45, 2.75) is 39.2 Å². The largest absolute Gasteiger partial charge is 0.354 e. The molecule has 0 aromatic heterocycles. The molecule has 74 valence electrons. The van der Waals surface area contributed by atoms with E-state index >= 15 is 0 Å². The van der Waals surface area contributed by atoms with Crippen molar-refractivity contribution >= 4 is 5.91 Å². The van der Waals surface area contributed by atoms with Gasteiger partial charge in [0.05, 0.1) is 0 Å². The Morgan fingerprint density at radius 1 is 1.54 bits per heavy atom. The smallest absolute Gasteiger partial charge is 0.220 e. The third-order valence-corrected chi connectivity index (χ3v) is 1.42. The Morgan fingerprint density at radius 3 is 2.77 bits per heavy atom. The lowest BCUT2D eigenvalue weighted by molar-refractivity contribution is -0.121. The lowest BCUT2D eigenvalue weighted by Crippen LogP contribution is -2.29. The molecule has 0 aromatic carbocycles. The highest BCUT2D eigenvalue weighted by Crippen LogP contribution is 1.96. The highest BCUT2D eigenvalue weighted by atomic mass is 16.1. The Hall–Kier alpha value is -1.22. The van der Waals surface area contributed by atoms with Gasteiger partial charge in [-0.25, -0.2) is 0 Å². The van der Waals surface area contributed by atoms with Gasteiger partial charge in [-0.2, -0.15) is 0 Å². The van der Waals surface area contributed by atoms with Crippen LogP contribution in [0.2, 0.25) is 0 Å². The summed E-state index contributed by atoms with van der Waals surface area (Å²) in [4.78, 5) is 13.7. The molecular formula is C8H16N4O. The topological polar surface area (TPSA) is 77.9 Å². The number of amides is 1. The van der Waals surface area contributed by atoms with Crippen LogP contribution in [0.4, 0.5) is 0 Å². The first-order valence-electron chi connectivity index (χ1n) is 4.47. The predicted octanol–water partition coefficient (Wildman–Crippen LogP) is 1.99. The average Bonchev–Trinajstić information content (AvgIpc) is 2.02. The first kappa shape index (κ1) is 11.8. The third kappa shape index (κ3) is 8.69. The van der Waals surface area contributed by atoms with Gasteiger partial charge in [-0.1, -0.05) is 5.11 Å². The van der Waals surface area contributed by atoms with E-state index in [0.29, 0.717) is 13.0 Å². The van der Waals surface area contributed by atoms with Crippen LogP contribution in [0.3, 0.4) is 0 Å². The molecule has 0 aliphatic carbocycles. The van der Waals surface area contributed by atoms with E-state index < -0.39 is 0 Å². The molecule has 5 heteroatoms. The summed E-state index contributed by atoms with van der Waals surface area (Å²) >= 11 is 0. The standard InChI is InChI=1S/C8H16N4O/c1-7(2)11-8(13)5-3-4-6-10-12-9/h7H,3-6H2,1-2H3,(H,11,13). The van der Waals surface area contributed by atoms with Gasteiger partial charge in [0.25, 0.3) is 0 Å². The van der Waals surface area contributed by atoms with E-state index in [4.69, 9.17) is 5.53 Å². The fourth-order valence-electron chi connectivity index (χ4n) is 0.907. The summed E-state index contributed by atoms with van der Waals surface area (Å²) in [6, 6.07) is 0.199. The van der Waals surface area contributed by atoms with Crippen molar-refractivity contribution in [2.75, 3.05) is 6.54 Å². The Bertz CT molecular complexity index is 196. The molecule has 1 N–H and O–H groups in total. The maximum atomic E-state index is 11.1. The molecule has 0 aliphatic rings. The van der Waals surface area contributed by atoms with E-state index in [-0.39, 0.29) is 11.9 Å². The molecule has 0 saturated carbocycles. The molecule has 0 atom stereocenters. The second-order valence-corrected chi connectivity index (χ2v) is 3.13. The van der Waals surface area contributed by atoms with Gasteiger partial charge in [-0.05, 0) is 32.2 Å². The minimum Gasteiger partial charge on any atom is -0.354 e. The molecule has 13 heavy (non-hydrogen) atoms. The molecule has 0 rings (SSSR count). The highest BCUT2D eigenvalue weighted by molar-refractivity contribution is 5.76. The van der Waals surface area contributed by atoms with Gasteiger partial charge in [0.1, 0.15) is 0 Å². The van der Waals surface area contributed by atoms with E-state index in [1.54, 1.807) is 0 Å². The van der Waals surface area contributed by atoms with Gasteiger partial charge in [0.2, 0.25) is 5.91 Å². The van der Waals surface area contributed by atoms with Crippen molar-refractivity contribution in [1.29, 1.82) is 0 Å². The van der Waals surface area contributed by atoms with E-state index in [0.717, 1.165) is 12.8 Å². The molecule has 0 fully saturated rings. The molecule has 0 aromatic rings. The molecule has 0 unspecified atom stereocenters. The van der Waals surface area contributed by atoms with Gasteiger partial charge in [-0.15, -0.1) is 0 Å². The van der Waals surface area contributed by atoms with Crippen molar-refractivity contribution in [3.8, 4) is 0 Å². The van der Waals surface area contributed by atoms with Crippen LogP contribution in [-0.2, 0) is 4.79 Å². The molecule has 0 bridgehead atoms. The van der Waals surface area contributed by atoms with Crippen LogP contribution in [0.5, 0.6) is 0 Å². The molecule has 0 heterocycles. The Balaban J connectivity index is 3.32. The summed E-state index contributed by atoms with van der Waals surface area (Å²) in [5, 5.41) is 6.17. The molecule has 5 nitrogen and oxygen atoms in total. The van der Waals surface area contributed by atoms with Crippen LogP contribution in [0.1, 0.15) is 33.1 Å². The Labute approximate surface area is 78.1 Å². The normalized spacial score (nSPS) is 9.46. The van der Waals surface area contributed by atoms with Crippen LogP contribution >= 0.6 is 0 Å². The number of unbranched alkanes of at least 4 members (excludes halogenated alkanes) is 1. The average molecular weight is 184 g/mol. The summed E-state index contributed by atoms with van der Waals surface area (Å²) in [7, 11) is 0. The second kappa shape index (κ2) is 7.43. The zero-order chi connectivity index (χ0) is 10.1. The maximum absolute atomic E-state index is 11.1. The van der Waals surface area contributed by atoms with Crippen molar-refractivity contribution in [2.24, 2.45) is 5.11 Å². The van der Waals surface area contributed by atoms with Crippen molar-refractivity contribution < 1.29 is 4.79 Å². The first-order valence-corrected chi connectivity index (χ1v) is 4.47. The molecule has 0 radical (unpaired) electrons. The molecule has 0 aliphatic heterocycles. The minimum absolute atomic E-state index is 0.0657. The van der Waals surface area contributed by atoms with E-state index in [1.807, 2.05) is 13.8 Å². The number of nitrogens with one attached hydrogen (secondary N) is 1. The van der Waals surface area contributed by atoms with Crippen molar-refractivity contribution in [3.05, 3.63) is 10.4 Å². The van der Waals surface area contributed by atoms with Gasteiger partial charge >= 0.3 is 0 Å². The number of hydrogen-bond acceptors (Lipinski definition) is 2. The number of azide groups is 1. The quantitative estimate of drug-likeness (QED) is 0.291. The predicted molar refractivity (Wildman–Crippen MR) is 51.1 cm³/mol. The van der Waals surface area contributed by atoms with Crippen LogP contribution in [0.25, 0.3) is 10.4 Å². The molecule has 0 spiro atoms. The lowest BCUT2D eigenvalue weighted by Gasteiger charge is -2.06. The van der Waals surface area contributed by atoms with Gasteiger partial charge in [-0.3, -0.25) is 4.79 Å². The molecule has 0 saturated heterocycles. The summed E-state index contributed by atoms with van der Waals surface area (Å²) in [5.41, 5.74) is 7.97. The third-order valence-electron chi connectivity index (χ3n) is 1.42. The Morgan fingerprint density at radius 2 is 2.23 bits per heavy atom. The SMILES string of the molecule is CC(C)NC(=O)CCCCN=[N+]=[N-]. The first-order chi connectivity index (χ1) is 6.16. The molecular weight excluding hydrogens is 168 g/mol. The van der Waals surface area contributed by atoms with E-state index in [9.17, 15) is 4.79 Å². The molecule has 1 amide bonds. The fourth-order valence-corrected chi connectivity index (χ4v) is 0.907. The number of carbonyl (C=O) groups excluding carboxylic acids is 1. The van der Waals surface area contributed by atoms with Crippen molar-refractivity contribution in [1.82, 2.24) is 5.32 Å². The summed E-state index contributed by atoms with van der Waals surface area (Å²) in [6.45, 7) is 4.33. The summed E-state index contributed by atoms with van der Waals surface area (Å²) < 4.78 is 0. The minimum atomic E-state index is 0.0657. The number of rotatable bonds is 6. The van der Waals surface area contributed by atoms with Crippen LogP contribution in [-0.4, -0.2) is 18.5 Å². The van der Waals surface area contributed by atoms with Gasteiger partial charge < -0.3 is 5.32 Å². The number of hydrogen-bond donors (Lipinski definition) is 1. The maximum Gasteiger partial charge on any atom is 0.220 e. The highest BCUT2D eigenvalue weighted by Gasteiger charge is 2.01. The lowest BCUT2D eigenvalue weighted by atomic mass is 10.2. The Kier molecular flexibility index (Phi) is 6.73. The number of carbonyl (C=O) groups is 1. The van der Waals surface area contributed by atoms with E-state index in [1.165, 1.54) is 0 Å². The van der Waals surface area contributed by atoms with Crippen molar-refractivity contribution in [3.63, 3.8) is 0 Å². The van der Waals surface area contributed by atoms with Gasteiger partial charge in [0, 0.05) is 23.9 Å². The summed E-state index contributed by atoms with van der Waals surface area (Å²) in [5.74, 6) is 0.0657. The second-order valence-electron chi connectivity index (χ2n) is 3.13. The summed E-state index contributed by atoms with van der Waals surface area (Å²) in [6.07, 6.45) is 2.06. The van der Waals surface area contributed by atoms with Crippen LogP contribution in [0.15, 0.2) is 5.11 Å². The van der Waals surface area contributed by atoms with Crippen LogP contribution < -0.4 is 5.32 Å². The van der Waals surface area contributed by atoms with Gasteiger partial charge in [0.15, 0.2) is 0 Å². The zero-order valence-corrected chi connectivity index (χ0v) is 8.16. The van der Waals surface area contributed by atoms with E-state index in [2.05, 4.69) is 15.3 Å². The monoisotopic (exact) mass is 184 g/mol. The fraction of sp³-hybridized carbons (Fsp3) is 0.875. The number of nitrogens with zero attached hydrogens (tertiary/aromatic N) is 3. The van der Waals surface area contributed by atoms with Crippen LogP contribution in [0, 0.1) is 0 Å². The zero-order valence-electron chi connectivity index (χ0n) is 8.16.